The number of esters is 1. The Labute approximate surface area is 156 Å². The number of ether oxygens (including phenoxy) is 2. The molecule has 1 heterocycles. The molecule has 1 aliphatic rings. The Morgan fingerprint density at radius 1 is 1.27 bits per heavy atom. The van der Waals surface area contributed by atoms with Crippen LogP contribution in [0.2, 0.25) is 0 Å². The van der Waals surface area contributed by atoms with Gasteiger partial charge in [-0.3, -0.25) is 14.2 Å². The maximum Gasteiger partial charge on any atom is 0.316 e. The molecule has 0 saturated heterocycles. The molecular formula is C19H24N2O4S. The first-order valence-electron chi connectivity index (χ1n) is 9.00. The summed E-state index contributed by atoms with van der Waals surface area (Å²) in [5.41, 5.74) is 0.519. The molecule has 2 aromatic rings. The van der Waals surface area contributed by atoms with E-state index in [9.17, 15) is 9.59 Å². The van der Waals surface area contributed by atoms with E-state index in [2.05, 4.69) is 4.98 Å². The number of hydrogen-bond acceptors (Lipinski definition) is 6. The Balaban J connectivity index is 1.74. The molecule has 140 valence electrons. The van der Waals surface area contributed by atoms with Crippen LogP contribution in [0.25, 0.3) is 10.9 Å². The SMILES string of the molecule is COCCn1c(SCC(=O)OC2CCCCC2)nc2ccccc2c1=O. The number of nitrogens with zero attached hydrogens (tertiary/aromatic N) is 2. The second-order valence-electron chi connectivity index (χ2n) is 6.40. The maximum atomic E-state index is 12.8. The van der Waals surface area contributed by atoms with Crippen LogP contribution in [0.4, 0.5) is 0 Å². The first-order chi connectivity index (χ1) is 12.7. The molecular weight excluding hydrogens is 352 g/mol. The topological polar surface area (TPSA) is 70.4 Å². The standard InChI is InChI=1S/C19H24N2O4S/c1-24-12-11-21-18(23)15-9-5-6-10-16(15)20-19(21)26-13-17(22)25-14-7-3-2-4-8-14/h5-6,9-10,14H,2-4,7-8,11-13H2,1H3. The van der Waals surface area contributed by atoms with E-state index in [-0.39, 0.29) is 23.4 Å². The van der Waals surface area contributed by atoms with Crippen molar-refractivity contribution in [3.63, 3.8) is 0 Å². The summed E-state index contributed by atoms with van der Waals surface area (Å²) in [7, 11) is 1.59. The van der Waals surface area contributed by atoms with Gasteiger partial charge in [-0.2, -0.15) is 0 Å². The number of fused-ring (bicyclic) bond motifs is 1. The number of thioether (sulfide) groups is 1. The summed E-state index contributed by atoms with van der Waals surface area (Å²) >= 11 is 1.24. The van der Waals surface area contributed by atoms with E-state index in [1.807, 2.05) is 18.2 Å². The highest BCUT2D eigenvalue weighted by Crippen LogP contribution is 2.22. The molecule has 1 fully saturated rings. The number of aromatic nitrogens is 2. The summed E-state index contributed by atoms with van der Waals surface area (Å²) in [5, 5.41) is 1.09. The monoisotopic (exact) mass is 376 g/mol. The van der Waals surface area contributed by atoms with E-state index < -0.39 is 0 Å². The third-order valence-corrected chi connectivity index (χ3v) is 5.46. The fourth-order valence-electron chi connectivity index (χ4n) is 3.16. The lowest BCUT2D eigenvalue weighted by Gasteiger charge is -2.21. The Kier molecular flexibility index (Phi) is 6.68. The smallest absolute Gasteiger partial charge is 0.316 e. The van der Waals surface area contributed by atoms with Crippen LogP contribution in [0.15, 0.2) is 34.2 Å². The average Bonchev–Trinajstić information content (AvgIpc) is 2.67. The Hall–Kier alpha value is -1.86. The van der Waals surface area contributed by atoms with Crippen molar-refractivity contribution in [2.45, 2.75) is 49.9 Å². The molecule has 0 bridgehead atoms. The minimum atomic E-state index is -0.248. The number of carbonyl (C=O) groups excluding carboxylic acids is 1. The van der Waals surface area contributed by atoms with E-state index in [0.29, 0.717) is 29.2 Å². The summed E-state index contributed by atoms with van der Waals surface area (Å²) in [5.74, 6) is -0.101. The number of methoxy groups -OCH3 is 1. The van der Waals surface area contributed by atoms with Crippen LogP contribution in [-0.2, 0) is 20.8 Å². The Morgan fingerprint density at radius 2 is 2.04 bits per heavy atom. The quantitative estimate of drug-likeness (QED) is 0.420. The van der Waals surface area contributed by atoms with E-state index >= 15 is 0 Å². The summed E-state index contributed by atoms with van der Waals surface area (Å²) in [6, 6.07) is 7.24. The fraction of sp³-hybridized carbons (Fsp3) is 0.526. The van der Waals surface area contributed by atoms with Gasteiger partial charge in [0.2, 0.25) is 0 Å². The number of carbonyl (C=O) groups is 1. The molecule has 0 spiro atoms. The van der Waals surface area contributed by atoms with Gasteiger partial charge < -0.3 is 9.47 Å². The Morgan fingerprint density at radius 3 is 2.81 bits per heavy atom. The molecule has 0 aliphatic heterocycles. The van der Waals surface area contributed by atoms with Gasteiger partial charge in [-0.1, -0.05) is 30.3 Å². The molecule has 26 heavy (non-hydrogen) atoms. The van der Waals surface area contributed by atoms with Crippen LogP contribution < -0.4 is 5.56 Å². The average molecular weight is 376 g/mol. The summed E-state index contributed by atoms with van der Waals surface area (Å²) in [4.78, 5) is 29.5. The van der Waals surface area contributed by atoms with Gasteiger partial charge in [0.15, 0.2) is 5.16 Å². The molecule has 1 aromatic heterocycles. The minimum absolute atomic E-state index is 0.0390. The van der Waals surface area contributed by atoms with Crippen LogP contribution >= 0.6 is 11.8 Å². The first kappa shape index (κ1) is 18.9. The third kappa shape index (κ3) is 4.65. The van der Waals surface area contributed by atoms with E-state index in [1.165, 1.54) is 18.2 Å². The summed E-state index contributed by atoms with van der Waals surface area (Å²) in [6.45, 7) is 0.799. The van der Waals surface area contributed by atoms with E-state index in [4.69, 9.17) is 9.47 Å². The fourth-order valence-corrected chi connectivity index (χ4v) is 3.97. The molecule has 0 amide bonds. The molecule has 1 saturated carbocycles. The summed E-state index contributed by atoms with van der Waals surface area (Å²) < 4.78 is 12.2. The number of para-hydroxylation sites is 1. The van der Waals surface area contributed by atoms with Gasteiger partial charge in [0.25, 0.3) is 5.56 Å². The number of benzene rings is 1. The zero-order valence-electron chi connectivity index (χ0n) is 15.0. The largest absolute Gasteiger partial charge is 0.462 e. The van der Waals surface area contributed by atoms with Crippen molar-refractivity contribution in [2.24, 2.45) is 0 Å². The molecule has 1 aliphatic carbocycles. The van der Waals surface area contributed by atoms with E-state index in [0.717, 1.165) is 25.7 Å². The second kappa shape index (κ2) is 9.19. The van der Waals surface area contributed by atoms with Gasteiger partial charge in [-0.25, -0.2) is 4.98 Å². The zero-order valence-corrected chi connectivity index (χ0v) is 15.8. The predicted molar refractivity (Wildman–Crippen MR) is 102 cm³/mol. The van der Waals surface area contributed by atoms with Crippen LogP contribution in [0.3, 0.4) is 0 Å². The Bertz CT molecular complexity index is 815. The van der Waals surface area contributed by atoms with Crippen LogP contribution in [0, 0.1) is 0 Å². The van der Waals surface area contributed by atoms with Crippen molar-refractivity contribution in [1.82, 2.24) is 9.55 Å². The van der Waals surface area contributed by atoms with Crippen molar-refractivity contribution >= 4 is 28.6 Å². The van der Waals surface area contributed by atoms with Gasteiger partial charge >= 0.3 is 5.97 Å². The number of hydrogen-bond donors (Lipinski definition) is 0. The van der Waals surface area contributed by atoms with Crippen LogP contribution in [0.1, 0.15) is 32.1 Å². The molecule has 0 unspecified atom stereocenters. The summed E-state index contributed by atoms with van der Waals surface area (Å²) in [6.07, 6.45) is 5.39. The highest BCUT2D eigenvalue weighted by atomic mass is 32.2. The molecule has 0 radical (unpaired) electrons. The molecule has 3 rings (SSSR count). The van der Waals surface area contributed by atoms with Gasteiger partial charge in [0.05, 0.1) is 29.8 Å². The lowest BCUT2D eigenvalue weighted by molar-refractivity contribution is -0.147. The van der Waals surface area contributed by atoms with Crippen molar-refractivity contribution in [3.8, 4) is 0 Å². The normalized spacial score (nSPS) is 15.3. The zero-order chi connectivity index (χ0) is 18.4. The maximum absolute atomic E-state index is 12.8. The first-order valence-corrected chi connectivity index (χ1v) is 9.98. The third-order valence-electron chi connectivity index (χ3n) is 4.52. The van der Waals surface area contributed by atoms with Crippen molar-refractivity contribution < 1.29 is 14.3 Å². The minimum Gasteiger partial charge on any atom is -0.462 e. The molecule has 6 nitrogen and oxygen atoms in total. The van der Waals surface area contributed by atoms with Gasteiger partial charge in [-0.05, 0) is 37.8 Å². The lowest BCUT2D eigenvalue weighted by atomic mass is 9.98. The van der Waals surface area contributed by atoms with Crippen LogP contribution in [0.5, 0.6) is 0 Å². The lowest BCUT2D eigenvalue weighted by Crippen LogP contribution is -2.26. The molecule has 1 aromatic carbocycles. The predicted octanol–water partition coefficient (Wildman–Crippen LogP) is 3.01. The van der Waals surface area contributed by atoms with E-state index in [1.54, 1.807) is 17.7 Å². The molecule has 7 heteroatoms. The van der Waals surface area contributed by atoms with Crippen molar-refractivity contribution in [2.75, 3.05) is 19.5 Å². The van der Waals surface area contributed by atoms with Gasteiger partial charge in [0, 0.05) is 7.11 Å². The second-order valence-corrected chi connectivity index (χ2v) is 7.34. The van der Waals surface area contributed by atoms with Crippen LogP contribution in [-0.4, -0.2) is 41.1 Å². The van der Waals surface area contributed by atoms with Crippen molar-refractivity contribution in [1.29, 1.82) is 0 Å². The van der Waals surface area contributed by atoms with Crippen molar-refractivity contribution in [3.05, 3.63) is 34.6 Å². The highest BCUT2D eigenvalue weighted by molar-refractivity contribution is 7.99. The van der Waals surface area contributed by atoms with Gasteiger partial charge in [-0.15, -0.1) is 0 Å². The highest BCUT2D eigenvalue weighted by Gasteiger charge is 2.19. The van der Waals surface area contributed by atoms with Gasteiger partial charge in [0.1, 0.15) is 6.10 Å². The molecule has 0 N–H and O–H groups in total. The number of rotatable bonds is 7. The molecule has 0 atom stereocenters.